The second kappa shape index (κ2) is 5.34. The van der Waals surface area contributed by atoms with Crippen molar-refractivity contribution >= 4 is 15.9 Å². The van der Waals surface area contributed by atoms with E-state index in [4.69, 9.17) is 5.26 Å². The molecule has 2 N–H and O–H groups in total. The van der Waals surface area contributed by atoms with Gasteiger partial charge < -0.3 is 10.2 Å². The molecule has 1 rings (SSSR count). The van der Waals surface area contributed by atoms with Crippen LogP contribution in [0.4, 0.5) is 8.78 Å². The number of hydrogen-bond donors (Lipinski definition) is 2. The van der Waals surface area contributed by atoms with Gasteiger partial charge in [0, 0.05) is 16.1 Å². The molecule has 0 radical (unpaired) electrons. The molecular formula is C10H8BrF2NO2. The third-order valence-corrected chi connectivity index (χ3v) is 2.66. The van der Waals surface area contributed by atoms with Crippen LogP contribution in [-0.2, 0) is 0 Å². The predicted molar refractivity (Wildman–Crippen MR) is 55.3 cm³/mol. The Morgan fingerprint density at radius 1 is 1.38 bits per heavy atom. The molecule has 0 aromatic heterocycles. The van der Waals surface area contributed by atoms with Gasteiger partial charge in [-0.25, -0.2) is 8.78 Å². The molecule has 0 saturated carbocycles. The minimum atomic E-state index is -1.57. The van der Waals surface area contributed by atoms with Crippen molar-refractivity contribution in [3.63, 3.8) is 0 Å². The first kappa shape index (κ1) is 13.0. The number of benzene rings is 1. The van der Waals surface area contributed by atoms with Gasteiger partial charge in [-0.15, -0.1) is 0 Å². The SMILES string of the molecule is N#CCC(O)C(O)c1c(F)cc(F)cc1Br. The van der Waals surface area contributed by atoms with E-state index in [0.29, 0.717) is 6.07 Å². The summed E-state index contributed by atoms with van der Waals surface area (Å²) in [5.74, 6) is -1.77. The Labute approximate surface area is 99.1 Å². The minimum Gasteiger partial charge on any atom is -0.389 e. The molecule has 86 valence electrons. The molecule has 0 aliphatic heterocycles. The van der Waals surface area contributed by atoms with Crippen molar-refractivity contribution < 1.29 is 19.0 Å². The van der Waals surface area contributed by atoms with Crippen molar-refractivity contribution in [3.8, 4) is 6.07 Å². The zero-order valence-corrected chi connectivity index (χ0v) is 9.58. The van der Waals surface area contributed by atoms with Crippen LogP contribution in [0.15, 0.2) is 16.6 Å². The van der Waals surface area contributed by atoms with Crippen molar-refractivity contribution in [1.82, 2.24) is 0 Å². The summed E-state index contributed by atoms with van der Waals surface area (Å²) in [6.45, 7) is 0. The van der Waals surface area contributed by atoms with E-state index in [9.17, 15) is 19.0 Å². The van der Waals surface area contributed by atoms with E-state index < -0.39 is 23.8 Å². The molecule has 0 amide bonds. The maximum atomic E-state index is 13.3. The van der Waals surface area contributed by atoms with E-state index in [-0.39, 0.29) is 16.5 Å². The lowest BCUT2D eigenvalue weighted by molar-refractivity contribution is 0.0190. The maximum absolute atomic E-state index is 13.3. The van der Waals surface area contributed by atoms with Crippen LogP contribution in [-0.4, -0.2) is 16.3 Å². The van der Waals surface area contributed by atoms with Gasteiger partial charge in [0.15, 0.2) is 0 Å². The number of nitrogens with zero attached hydrogens (tertiary/aromatic N) is 1. The zero-order valence-electron chi connectivity index (χ0n) is 7.99. The average molecular weight is 292 g/mol. The molecule has 0 aliphatic rings. The lowest BCUT2D eigenvalue weighted by Gasteiger charge is -2.17. The van der Waals surface area contributed by atoms with Crippen LogP contribution >= 0.6 is 15.9 Å². The van der Waals surface area contributed by atoms with Crippen molar-refractivity contribution in [3.05, 3.63) is 33.8 Å². The number of nitriles is 1. The molecule has 0 saturated heterocycles. The highest BCUT2D eigenvalue weighted by atomic mass is 79.9. The van der Waals surface area contributed by atoms with Crippen LogP contribution in [0.3, 0.4) is 0 Å². The Balaban J connectivity index is 3.09. The largest absolute Gasteiger partial charge is 0.389 e. The fraction of sp³-hybridized carbons (Fsp3) is 0.300. The van der Waals surface area contributed by atoms with Crippen LogP contribution in [0.1, 0.15) is 18.1 Å². The summed E-state index contributed by atoms with van der Waals surface area (Å²) in [6, 6.07) is 3.22. The third-order valence-electron chi connectivity index (χ3n) is 2.00. The lowest BCUT2D eigenvalue weighted by Crippen LogP contribution is -2.19. The van der Waals surface area contributed by atoms with Crippen molar-refractivity contribution in [2.75, 3.05) is 0 Å². The van der Waals surface area contributed by atoms with Gasteiger partial charge in [-0.2, -0.15) is 5.26 Å². The Bertz CT molecular complexity index is 410. The predicted octanol–water partition coefficient (Wildman–Crippen LogP) is 2.04. The molecule has 1 aromatic carbocycles. The first-order valence-corrected chi connectivity index (χ1v) is 5.14. The van der Waals surface area contributed by atoms with Crippen LogP contribution in [0.2, 0.25) is 0 Å². The van der Waals surface area contributed by atoms with Gasteiger partial charge in [-0.05, 0) is 6.07 Å². The highest BCUT2D eigenvalue weighted by Gasteiger charge is 2.24. The number of aliphatic hydroxyl groups is 2. The monoisotopic (exact) mass is 291 g/mol. The van der Waals surface area contributed by atoms with Crippen LogP contribution in [0, 0.1) is 23.0 Å². The quantitative estimate of drug-likeness (QED) is 0.896. The van der Waals surface area contributed by atoms with Crippen molar-refractivity contribution in [2.24, 2.45) is 0 Å². The topological polar surface area (TPSA) is 64.2 Å². The molecule has 6 heteroatoms. The second-order valence-electron chi connectivity index (χ2n) is 3.16. The molecule has 2 unspecified atom stereocenters. The minimum absolute atomic E-state index is 0.00879. The molecule has 16 heavy (non-hydrogen) atoms. The zero-order chi connectivity index (χ0) is 12.3. The molecule has 0 spiro atoms. The summed E-state index contributed by atoms with van der Waals surface area (Å²) in [5.41, 5.74) is -0.260. The van der Waals surface area contributed by atoms with Crippen molar-refractivity contribution in [1.29, 1.82) is 5.26 Å². The van der Waals surface area contributed by atoms with Gasteiger partial charge in [0.05, 0.1) is 18.6 Å². The van der Waals surface area contributed by atoms with E-state index >= 15 is 0 Å². The Hall–Kier alpha value is -1.03. The van der Waals surface area contributed by atoms with E-state index in [0.717, 1.165) is 6.07 Å². The van der Waals surface area contributed by atoms with E-state index in [1.54, 1.807) is 6.07 Å². The standard InChI is InChI=1S/C10H8BrF2NO2/c11-6-3-5(12)4-7(13)9(6)10(16)8(15)1-2-14/h3-4,8,10,15-16H,1H2. The summed E-state index contributed by atoms with van der Waals surface area (Å²) < 4.78 is 26.1. The van der Waals surface area contributed by atoms with Gasteiger partial charge in [0.1, 0.15) is 17.7 Å². The summed E-state index contributed by atoms with van der Waals surface area (Å²) in [6.07, 6.45) is -3.33. The van der Waals surface area contributed by atoms with Gasteiger partial charge in [0.2, 0.25) is 0 Å². The van der Waals surface area contributed by atoms with Crippen molar-refractivity contribution in [2.45, 2.75) is 18.6 Å². The number of halogens is 3. The Kier molecular flexibility index (Phi) is 4.35. The van der Waals surface area contributed by atoms with Crippen LogP contribution in [0.5, 0.6) is 0 Å². The normalized spacial score (nSPS) is 14.2. The number of aliphatic hydroxyl groups excluding tert-OH is 2. The fourth-order valence-corrected chi connectivity index (χ4v) is 1.88. The van der Waals surface area contributed by atoms with Gasteiger partial charge in [-0.3, -0.25) is 0 Å². The maximum Gasteiger partial charge on any atom is 0.133 e. The summed E-state index contributed by atoms with van der Waals surface area (Å²) in [5, 5.41) is 27.2. The van der Waals surface area contributed by atoms with E-state index in [1.165, 1.54) is 0 Å². The number of rotatable bonds is 3. The van der Waals surface area contributed by atoms with Gasteiger partial charge in [-0.1, -0.05) is 15.9 Å². The molecule has 0 aliphatic carbocycles. The highest BCUT2D eigenvalue weighted by Crippen LogP contribution is 2.30. The highest BCUT2D eigenvalue weighted by molar-refractivity contribution is 9.10. The van der Waals surface area contributed by atoms with E-state index in [1.807, 2.05) is 0 Å². The molecule has 0 bridgehead atoms. The molecule has 0 heterocycles. The van der Waals surface area contributed by atoms with Crippen LogP contribution in [0.25, 0.3) is 0 Å². The Morgan fingerprint density at radius 3 is 2.50 bits per heavy atom. The number of hydrogen-bond acceptors (Lipinski definition) is 3. The lowest BCUT2D eigenvalue weighted by atomic mass is 10.0. The molecular weight excluding hydrogens is 284 g/mol. The van der Waals surface area contributed by atoms with E-state index in [2.05, 4.69) is 15.9 Å². The molecule has 0 fully saturated rings. The third kappa shape index (κ3) is 2.76. The summed E-state index contributed by atoms with van der Waals surface area (Å²) >= 11 is 2.88. The smallest absolute Gasteiger partial charge is 0.133 e. The average Bonchev–Trinajstić information content (AvgIpc) is 2.16. The molecule has 2 atom stereocenters. The first-order valence-electron chi connectivity index (χ1n) is 4.35. The van der Waals surface area contributed by atoms with Gasteiger partial charge >= 0.3 is 0 Å². The summed E-state index contributed by atoms with van der Waals surface area (Å²) in [7, 11) is 0. The molecule has 1 aromatic rings. The Morgan fingerprint density at radius 2 is 2.00 bits per heavy atom. The molecule has 3 nitrogen and oxygen atoms in total. The van der Waals surface area contributed by atoms with Gasteiger partial charge in [0.25, 0.3) is 0 Å². The first-order chi connectivity index (χ1) is 7.47. The summed E-state index contributed by atoms with van der Waals surface area (Å²) in [4.78, 5) is 0. The second-order valence-corrected chi connectivity index (χ2v) is 4.01. The van der Waals surface area contributed by atoms with Crippen LogP contribution < -0.4 is 0 Å². The fourth-order valence-electron chi connectivity index (χ4n) is 1.23.